The molecule has 168 valence electrons. The van der Waals surface area contributed by atoms with E-state index in [0.29, 0.717) is 25.1 Å². The monoisotopic (exact) mass is 444 g/mol. The van der Waals surface area contributed by atoms with Crippen LogP contribution in [-0.4, -0.2) is 27.9 Å². The molecule has 0 aliphatic carbocycles. The van der Waals surface area contributed by atoms with Crippen molar-refractivity contribution >= 4 is 22.8 Å². The van der Waals surface area contributed by atoms with Crippen molar-refractivity contribution in [3.8, 4) is 0 Å². The highest BCUT2D eigenvalue weighted by Gasteiger charge is 2.14. The minimum absolute atomic E-state index is 0.100. The highest BCUT2D eigenvalue weighted by molar-refractivity contribution is 5.94. The van der Waals surface area contributed by atoms with Crippen LogP contribution in [0.2, 0.25) is 0 Å². The van der Waals surface area contributed by atoms with Crippen LogP contribution >= 0.6 is 0 Å². The zero-order valence-corrected chi connectivity index (χ0v) is 18.3. The van der Waals surface area contributed by atoms with Crippen LogP contribution < -0.4 is 10.6 Å². The van der Waals surface area contributed by atoms with Crippen molar-refractivity contribution in [3.63, 3.8) is 0 Å². The van der Waals surface area contributed by atoms with Crippen LogP contribution in [0.5, 0.6) is 0 Å². The Labute approximate surface area is 191 Å². The van der Waals surface area contributed by atoms with E-state index in [0.717, 1.165) is 28.0 Å². The number of rotatable bonds is 8. The third-order valence-electron chi connectivity index (χ3n) is 5.39. The average Bonchev–Trinajstić information content (AvgIpc) is 3.16. The van der Waals surface area contributed by atoms with Gasteiger partial charge in [0.05, 0.1) is 11.0 Å². The van der Waals surface area contributed by atoms with Gasteiger partial charge < -0.3 is 15.2 Å². The predicted molar refractivity (Wildman–Crippen MR) is 125 cm³/mol. The van der Waals surface area contributed by atoms with E-state index in [1.54, 1.807) is 24.3 Å². The first-order valence-corrected chi connectivity index (χ1v) is 10.8. The van der Waals surface area contributed by atoms with Crippen LogP contribution in [0, 0.1) is 12.7 Å². The summed E-state index contributed by atoms with van der Waals surface area (Å²) in [5.41, 5.74) is 4.17. The first-order chi connectivity index (χ1) is 16.0. The molecule has 2 amide bonds. The summed E-state index contributed by atoms with van der Waals surface area (Å²) in [4.78, 5) is 29.7. The average molecular weight is 445 g/mol. The topological polar surface area (TPSA) is 76.0 Å². The van der Waals surface area contributed by atoms with Gasteiger partial charge in [-0.1, -0.05) is 42.0 Å². The van der Waals surface area contributed by atoms with Crippen LogP contribution in [0.1, 0.15) is 27.3 Å². The number of para-hydroxylation sites is 2. The summed E-state index contributed by atoms with van der Waals surface area (Å²) >= 11 is 0. The van der Waals surface area contributed by atoms with Crippen molar-refractivity contribution in [3.05, 3.63) is 101 Å². The van der Waals surface area contributed by atoms with E-state index in [9.17, 15) is 14.0 Å². The fourth-order valence-electron chi connectivity index (χ4n) is 3.59. The second-order valence-electron chi connectivity index (χ2n) is 7.88. The molecule has 0 saturated carbocycles. The maximum atomic E-state index is 13.1. The van der Waals surface area contributed by atoms with Crippen LogP contribution in [0.25, 0.3) is 11.0 Å². The zero-order chi connectivity index (χ0) is 23.2. The summed E-state index contributed by atoms with van der Waals surface area (Å²) in [6, 6.07) is 21.0. The molecule has 4 aromatic rings. The molecule has 2 N–H and O–H groups in total. The van der Waals surface area contributed by atoms with Gasteiger partial charge in [0.1, 0.15) is 18.2 Å². The molecule has 3 aromatic carbocycles. The van der Waals surface area contributed by atoms with Gasteiger partial charge in [-0.25, -0.2) is 9.37 Å². The largest absolute Gasteiger partial charge is 0.352 e. The second-order valence-corrected chi connectivity index (χ2v) is 7.88. The molecule has 0 saturated heterocycles. The van der Waals surface area contributed by atoms with Crippen molar-refractivity contribution in [2.24, 2.45) is 0 Å². The highest BCUT2D eigenvalue weighted by Crippen LogP contribution is 2.16. The number of benzene rings is 3. The van der Waals surface area contributed by atoms with Gasteiger partial charge in [0.15, 0.2) is 0 Å². The summed E-state index contributed by atoms with van der Waals surface area (Å²) < 4.78 is 14.9. The first kappa shape index (κ1) is 22.2. The zero-order valence-electron chi connectivity index (χ0n) is 18.3. The van der Waals surface area contributed by atoms with E-state index in [-0.39, 0.29) is 24.2 Å². The number of carbonyl (C=O) groups excluding carboxylic acids is 2. The smallest absolute Gasteiger partial charge is 0.251 e. The fourth-order valence-corrected chi connectivity index (χ4v) is 3.59. The van der Waals surface area contributed by atoms with Crippen molar-refractivity contribution in [2.45, 2.75) is 26.4 Å². The molecule has 0 fully saturated rings. The number of hydrogen-bond donors (Lipinski definition) is 2. The van der Waals surface area contributed by atoms with E-state index in [1.807, 2.05) is 47.9 Å². The molecule has 1 heterocycles. The Bertz CT molecular complexity index is 1260. The maximum Gasteiger partial charge on any atom is 0.251 e. The Balaban J connectivity index is 1.41. The lowest BCUT2D eigenvalue weighted by Crippen LogP contribution is -2.29. The van der Waals surface area contributed by atoms with Crippen molar-refractivity contribution in [1.29, 1.82) is 0 Å². The normalized spacial score (nSPS) is 10.8. The summed E-state index contributed by atoms with van der Waals surface area (Å²) in [5, 5.41) is 5.79. The molecule has 4 rings (SSSR count). The van der Waals surface area contributed by atoms with E-state index >= 15 is 0 Å². The van der Waals surface area contributed by atoms with Gasteiger partial charge in [-0.05, 0) is 48.9 Å². The molecular formula is C26H25FN4O2. The minimum atomic E-state index is -0.311. The Kier molecular flexibility index (Phi) is 6.78. The Morgan fingerprint density at radius 1 is 0.939 bits per heavy atom. The Hall–Kier alpha value is -4.00. The number of carbonyl (C=O) groups is 2. The molecule has 0 spiro atoms. The summed E-state index contributed by atoms with van der Waals surface area (Å²) in [5.74, 6) is 0.0912. The van der Waals surface area contributed by atoms with Crippen molar-refractivity contribution in [2.75, 3.05) is 6.54 Å². The third-order valence-corrected chi connectivity index (χ3v) is 5.39. The maximum absolute atomic E-state index is 13.1. The number of aryl methyl sites for hydroxylation is 1. The lowest BCUT2D eigenvalue weighted by Gasteiger charge is -2.11. The molecule has 0 unspecified atom stereocenters. The van der Waals surface area contributed by atoms with Crippen LogP contribution in [-0.2, 0) is 24.3 Å². The molecule has 0 bridgehead atoms. The Morgan fingerprint density at radius 3 is 2.42 bits per heavy atom. The van der Waals surface area contributed by atoms with Gasteiger partial charge in [0.2, 0.25) is 5.91 Å². The molecule has 0 aliphatic rings. The Morgan fingerprint density at radius 2 is 1.67 bits per heavy atom. The molecule has 7 heteroatoms. The van der Waals surface area contributed by atoms with Gasteiger partial charge in [0, 0.05) is 25.1 Å². The standard InChI is InChI=1S/C26H25FN4O2/c1-18-6-10-20(11-7-18)26(33)28-15-14-24-30-22-4-2-3-5-23(22)31(24)17-25(32)29-16-19-8-12-21(27)13-9-19/h2-13H,14-17H2,1H3,(H,28,33)(H,29,32). The molecular weight excluding hydrogens is 419 g/mol. The molecule has 6 nitrogen and oxygen atoms in total. The number of aromatic nitrogens is 2. The van der Waals surface area contributed by atoms with E-state index in [1.165, 1.54) is 12.1 Å². The van der Waals surface area contributed by atoms with Gasteiger partial charge in [-0.3, -0.25) is 9.59 Å². The molecule has 0 radical (unpaired) electrons. The summed E-state index contributed by atoms with van der Waals surface area (Å²) in [7, 11) is 0. The lowest BCUT2D eigenvalue weighted by molar-refractivity contribution is -0.121. The van der Waals surface area contributed by atoms with Crippen LogP contribution in [0.4, 0.5) is 4.39 Å². The quantitative estimate of drug-likeness (QED) is 0.434. The summed E-state index contributed by atoms with van der Waals surface area (Å²) in [6.07, 6.45) is 0.484. The number of nitrogens with zero attached hydrogens (tertiary/aromatic N) is 2. The van der Waals surface area contributed by atoms with Gasteiger partial charge in [0.25, 0.3) is 5.91 Å². The van der Waals surface area contributed by atoms with Gasteiger partial charge in [-0.2, -0.15) is 0 Å². The SMILES string of the molecule is Cc1ccc(C(=O)NCCc2nc3ccccc3n2CC(=O)NCc2ccc(F)cc2)cc1. The van der Waals surface area contributed by atoms with Crippen LogP contribution in [0.3, 0.4) is 0 Å². The van der Waals surface area contributed by atoms with Crippen molar-refractivity contribution < 1.29 is 14.0 Å². The number of nitrogens with one attached hydrogen (secondary N) is 2. The van der Waals surface area contributed by atoms with E-state index < -0.39 is 0 Å². The highest BCUT2D eigenvalue weighted by atomic mass is 19.1. The lowest BCUT2D eigenvalue weighted by atomic mass is 10.1. The van der Waals surface area contributed by atoms with Gasteiger partial charge >= 0.3 is 0 Å². The van der Waals surface area contributed by atoms with Crippen LogP contribution in [0.15, 0.2) is 72.8 Å². The molecule has 33 heavy (non-hydrogen) atoms. The minimum Gasteiger partial charge on any atom is -0.352 e. The number of amides is 2. The summed E-state index contributed by atoms with van der Waals surface area (Å²) in [6.45, 7) is 2.78. The first-order valence-electron chi connectivity index (χ1n) is 10.8. The fraction of sp³-hybridized carbons (Fsp3) is 0.192. The predicted octanol–water partition coefficient (Wildman–Crippen LogP) is 3.77. The number of imidazole rings is 1. The van der Waals surface area contributed by atoms with E-state index in [2.05, 4.69) is 15.6 Å². The molecule has 0 aliphatic heterocycles. The number of hydrogen-bond acceptors (Lipinski definition) is 3. The van der Waals surface area contributed by atoms with Gasteiger partial charge in [-0.15, -0.1) is 0 Å². The number of halogens is 1. The molecule has 1 aromatic heterocycles. The van der Waals surface area contributed by atoms with Crippen molar-refractivity contribution in [1.82, 2.24) is 20.2 Å². The molecule has 0 atom stereocenters. The second kappa shape index (κ2) is 10.1. The number of fused-ring (bicyclic) bond motifs is 1. The van der Waals surface area contributed by atoms with E-state index in [4.69, 9.17) is 0 Å². The third kappa shape index (κ3) is 5.63.